The monoisotopic (exact) mass is 233 g/mol. The van der Waals surface area contributed by atoms with E-state index in [0.717, 1.165) is 5.56 Å². The third-order valence-corrected chi connectivity index (χ3v) is 2.17. The Hall–Kier alpha value is -2.44. The minimum Gasteiger partial charge on any atom is -0.465 e. The van der Waals surface area contributed by atoms with Crippen molar-refractivity contribution in [3.05, 3.63) is 35.4 Å². The summed E-state index contributed by atoms with van der Waals surface area (Å²) < 4.78 is 4.61. The molecule has 1 heterocycles. The molecule has 2 rings (SSSR count). The maximum atomic E-state index is 11.2. The van der Waals surface area contributed by atoms with Crippen molar-refractivity contribution >= 4 is 11.9 Å². The highest BCUT2D eigenvalue weighted by atomic mass is 16.5. The molecule has 2 aromatic rings. The lowest BCUT2D eigenvalue weighted by Crippen LogP contribution is -2.03. The standard InChI is InChI=1S/C10H11N5O2/c1-17-9(16)8-4-2-7(3-5-8)6-11-10-12-14-15-13-10/h2-5H,6H2,1H3,(H2,11,12,13,14,15). The zero-order chi connectivity index (χ0) is 12.1. The van der Waals surface area contributed by atoms with Gasteiger partial charge in [0.05, 0.1) is 12.7 Å². The Labute approximate surface area is 97.2 Å². The molecule has 0 aliphatic rings. The van der Waals surface area contributed by atoms with Crippen molar-refractivity contribution in [1.29, 1.82) is 0 Å². The van der Waals surface area contributed by atoms with Crippen molar-refractivity contribution in [3.63, 3.8) is 0 Å². The van der Waals surface area contributed by atoms with Crippen molar-refractivity contribution in [2.24, 2.45) is 0 Å². The number of methoxy groups -OCH3 is 1. The molecule has 0 saturated carbocycles. The van der Waals surface area contributed by atoms with Crippen LogP contribution >= 0.6 is 0 Å². The number of anilines is 1. The first-order valence-electron chi connectivity index (χ1n) is 4.94. The summed E-state index contributed by atoms with van der Waals surface area (Å²) >= 11 is 0. The highest BCUT2D eigenvalue weighted by Gasteiger charge is 2.04. The van der Waals surface area contributed by atoms with E-state index in [1.54, 1.807) is 12.1 Å². The first kappa shape index (κ1) is 11.1. The number of hydrogen-bond acceptors (Lipinski definition) is 6. The number of nitrogens with one attached hydrogen (secondary N) is 2. The van der Waals surface area contributed by atoms with Gasteiger partial charge < -0.3 is 10.1 Å². The molecular weight excluding hydrogens is 222 g/mol. The second-order valence-electron chi connectivity index (χ2n) is 3.28. The Balaban J connectivity index is 1.96. The third kappa shape index (κ3) is 2.77. The predicted octanol–water partition coefficient (Wildman–Crippen LogP) is 0.598. The lowest BCUT2D eigenvalue weighted by molar-refractivity contribution is 0.0600. The number of aromatic amines is 1. The van der Waals surface area contributed by atoms with Crippen LogP contribution in [0.15, 0.2) is 24.3 Å². The third-order valence-electron chi connectivity index (χ3n) is 2.17. The number of benzene rings is 1. The second-order valence-corrected chi connectivity index (χ2v) is 3.28. The Bertz CT molecular complexity index is 480. The zero-order valence-corrected chi connectivity index (χ0v) is 9.17. The molecule has 0 amide bonds. The number of H-pyrrole nitrogens is 1. The number of esters is 1. The van der Waals surface area contributed by atoms with E-state index in [-0.39, 0.29) is 5.97 Å². The lowest BCUT2D eigenvalue weighted by atomic mass is 10.1. The summed E-state index contributed by atoms with van der Waals surface area (Å²) in [6.07, 6.45) is 0. The van der Waals surface area contributed by atoms with Gasteiger partial charge in [-0.3, -0.25) is 0 Å². The number of ether oxygens (including phenoxy) is 1. The molecule has 0 atom stereocenters. The lowest BCUT2D eigenvalue weighted by Gasteiger charge is -2.03. The molecule has 0 spiro atoms. The summed E-state index contributed by atoms with van der Waals surface area (Å²) in [4.78, 5) is 11.2. The number of rotatable bonds is 4. The van der Waals surface area contributed by atoms with Crippen LogP contribution in [-0.4, -0.2) is 33.7 Å². The predicted molar refractivity (Wildman–Crippen MR) is 59.3 cm³/mol. The normalized spacial score (nSPS) is 9.94. The Morgan fingerprint density at radius 1 is 1.41 bits per heavy atom. The number of carbonyl (C=O) groups excluding carboxylic acids is 1. The van der Waals surface area contributed by atoms with Crippen molar-refractivity contribution in [3.8, 4) is 0 Å². The molecule has 88 valence electrons. The number of hydrogen-bond donors (Lipinski definition) is 2. The zero-order valence-electron chi connectivity index (χ0n) is 9.17. The van der Waals surface area contributed by atoms with Crippen LogP contribution in [0.4, 0.5) is 5.95 Å². The topological polar surface area (TPSA) is 92.8 Å². The van der Waals surface area contributed by atoms with Crippen LogP contribution in [0.3, 0.4) is 0 Å². The summed E-state index contributed by atoms with van der Waals surface area (Å²) in [5.74, 6) is 0.0877. The van der Waals surface area contributed by atoms with E-state index >= 15 is 0 Å². The van der Waals surface area contributed by atoms with E-state index in [1.165, 1.54) is 7.11 Å². The van der Waals surface area contributed by atoms with Gasteiger partial charge in [-0.05, 0) is 22.9 Å². The van der Waals surface area contributed by atoms with Gasteiger partial charge in [-0.25, -0.2) is 4.79 Å². The molecule has 0 aliphatic carbocycles. The van der Waals surface area contributed by atoms with E-state index in [9.17, 15) is 4.79 Å². The van der Waals surface area contributed by atoms with Crippen LogP contribution in [0.2, 0.25) is 0 Å². The molecule has 7 heteroatoms. The SMILES string of the molecule is COC(=O)c1ccc(CNc2nn[nH]n2)cc1. The molecule has 0 radical (unpaired) electrons. The van der Waals surface area contributed by atoms with Gasteiger partial charge in [0.1, 0.15) is 0 Å². The summed E-state index contributed by atoms with van der Waals surface area (Å²) in [5.41, 5.74) is 1.53. The molecule has 17 heavy (non-hydrogen) atoms. The number of aromatic nitrogens is 4. The summed E-state index contributed by atoms with van der Waals surface area (Å²) in [6, 6.07) is 7.08. The number of carbonyl (C=O) groups is 1. The minimum absolute atomic E-state index is 0.345. The summed E-state index contributed by atoms with van der Waals surface area (Å²) in [7, 11) is 1.36. The average molecular weight is 233 g/mol. The molecule has 1 aromatic heterocycles. The van der Waals surface area contributed by atoms with E-state index < -0.39 is 0 Å². The van der Waals surface area contributed by atoms with Crippen molar-refractivity contribution in [2.45, 2.75) is 6.54 Å². The Kier molecular flexibility index (Phi) is 3.29. The van der Waals surface area contributed by atoms with Crippen LogP contribution < -0.4 is 5.32 Å². The van der Waals surface area contributed by atoms with Gasteiger partial charge in [0, 0.05) is 6.54 Å². The Morgan fingerprint density at radius 3 is 2.76 bits per heavy atom. The first-order chi connectivity index (χ1) is 8.29. The van der Waals surface area contributed by atoms with Gasteiger partial charge in [-0.1, -0.05) is 17.2 Å². The van der Waals surface area contributed by atoms with Gasteiger partial charge in [0.2, 0.25) is 0 Å². The van der Waals surface area contributed by atoms with Gasteiger partial charge in [0.15, 0.2) is 0 Å². The van der Waals surface area contributed by atoms with Crippen LogP contribution in [-0.2, 0) is 11.3 Å². The fourth-order valence-corrected chi connectivity index (χ4v) is 1.29. The molecule has 0 bridgehead atoms. The highest BCUT2D eigenvalue weighted by molar-refractivity contribution is 5.89. The summed E-state index contributed by atoms with van der Waals surface area (Å²) in [5, 5.41) is 16.3. The molecule has 7 nitrogen and oxygen atoms in total. The first-order valence-corrected chi connectivity index (χ1v) is 4.94. The second kappa shape index (κ2) is 5.06. The van der Waals surface area contributed by atoms with Crippen molar-refractivity contribution in [2.75, 3.05) is 12.4 Å². The van der Waals surface area contributed by atoms with E-state index in [0.29, 0.717) is 18.1 Å². The van der Waals surface area contributed by atoms with Gasteiger partial charge in [-0.2, -0.15) is 5.21 Å². The average Bonchev–Trinajstić information content (AvgIpc) is 2.89. The van der Waals surface area contributed by atoms with Crippen LogP contribution in [0, 0.1) is 0 Å². The fourth-order valence-electron chi connectivity index (χ4n) is 1.29. The molecule has 0 unspecified atom stereocenters. The van der Waals surface area contributed by atoms with Crippen molar-refractivity contribution in [1.82, 2.24) is 20.6 Å². The van der Waals surface area contributed by atoms with E-state index in [4.69, 9.17) is 0 Å². The Morgan fingerprint density at radius 2 is 2.18 bits per heavy atom. The molecule has 0 saturated heterocycles. The quantitative estimate of drug-likeness (QED) is 0.751. The smallest absolute Gasteiger partial charge is 0.337 e. The van der Waals surface area contributed by atoms with Gasteiger partial charge in [0.25, 0.3) is 5.95 Å². The van der Waals surface area contributed by atoms with Crippen LogP contribution in [0.5, 0.6) is 0 Å². The molecule has 0 aliphatic heterocycles. The van der Waals surface area contributed by atoms with E-state index in [2.05, 4.69) is 30.7 Å². The minimum atomic E-state index is -0.345. The summed E-state index contributed by atoms with van der Waals surface area (Å²) in [6.45, 7) is 0.557. The highest BCUT2D eigenvalue weighted by Crippen LogP contribution is 2.07. The van der Waals surface area contributed by atoms with Gasteiger partial charge in [-0.15, -0.1) is 5.10 Å². The molecule has 0 fully saturated rings. The largest absolute Gasteiger partial charge is 0.465 e. The molecular formula is C10H11N5O2. The van der Waals surface area contributed by atoms with Crippen LogP contribution in [0.25, 0.3) is 0 Å². The van der Waals surface area contributed by atoms with Crippen molar-refractivity contribution < 1.29 is 9.53 Å². The fraction of sp³-hybridized carbons (Fsp3) is 0.200. The molecule has 1 aromatic carbocycles. The van der Waals surface area contributed by atoms with E-state index in [1.807, 2.05) is 12.1 Å². The maximum absolute atomic E-state index is 11.2. The van der Waals surface area contributed by atoms with Crippen LogP contribution in [0.1, 0.15) is 15.9 Å². The number of tetrazole rings is 1. The van der Waals surface area contributed by atoms with Gasteiger partial charge >= 0.3 is 5.97 Å². The molecule has 2 N–H and O–H groups in total. The maximum Gasteiger partial charge on any atom is 0.337 e. The number of nitrogens with zero attached hydrogens (tertiary/aromatic N) is 3.